The van der Waals surface area contributed by atoms with Crippen LogP contribution in [0.5, 0.6) is 5.75 Å². The van der Waals surface area contributed by atoms with E-state index in [0.29, 0.717) is 11.4 Å². The van der Waals surface area contributed by atoms with Crippen LogP contribution in [-0.4, -0.2) is 40.4 Å². The van der Waals surface area contributed by atoms with Crippen LogP contribution >= 0.6 is 0 Å². The second-order valence-electron chi connectivity index (χ2n) is 5.86. The number of rotatable bonds is 3. The number of pyridine rings is 1. The van der Waals surface area contributed by atoms with Gasteiger partial charge in [-0.05, 0) is 27.7 Å². The highest BCUT2D eigenvalue weighted by Gasteiger charge is 2.43. The molecule has 0 radical (unpaired) electrons. The van der Waals surface area contributed by atoms with Gasteiger partial charge in [-0.3, -0.25) is 14.6 Å². The number of nitrogens with zero attached hydrogens (tertiary/aromatic N) is 2. The van der Waals surface area contributed by atoms with Crippen LogP contribution in [0.15, 0.2) is 12.1 Å². The summed E-state index contributed by atoms with van der Waals surface area (Å²) in [5.74, 6) is 0.425. The first-order valence-electron chi connectivity index (χ1n) is 6.89. The van der Waals surface area contributed by atoms with E-state index >= 15 is 0 Å². The maximum absolute atomic E-state index is 12.5. The molecule has 0 aromatic carbocycles. The van der Waals surface area contributed by atoms with Crippen LogP contribution in [0.2, 0.25) is 0 Å². The summed E-state index contributed by atoms with van der Waals surface area (Å²) in [6, 6.07) is 3.09. The van der Waals surface area contributed by atoms with Gasteiger partial charge in [0.1, 0.15) is 17.3 Å². The van der Waals surface area contributed by atoms with Crippen molar-refractivity contribution in [3.05, 3.63) is 23.5 Å². The minimum atomic E-state index is -0.891. The Hall–Kier alpha value is -2.11. The summed E-state index contributed by atoms with van der Waals surface area (Å²) in [5.41, 5.74) is 0.625. The molecule has 0 bridgehead atoms. The van der Waals surface area contributed by atoms with E-state index in [0.717, 1.165) is 5.69 Å². The van der Waals surface area contributed by atoms with E-state index in [1.165, 1.54) is 0 Å². The maximum atomic E-state index is 12.5. The Morgan fingerprint density at radius 1 is 1.38 bits per heavy atom. The second-order valence-corrected chi connectivity index (χ2v) is 5.86. The van der Waals surface area contributed by atoms with Gasteiger partial charge < -0.3 is 15.0 Å². The molecule has 114 valence electrons. The number of hydrogen-bond donors (Lipinski definition) is 1. The van der Waals surface area contributed by atoms with Gasteiger partial charge in [-0.25, -0.2) is 0 Å². The zero-order chi connectivity index (χ0) is 15.8. The van der Waals surface area contributed by atoms with Gasteiger partial charge in [-0.2, -0.15) is 0 Å². The van der Waals surface area contributed by atoms with Crippen LogP contribution in [0.1, 0.15) is 32.2 Å². The number of ether oxygens (including phenoxy) is 1. The molecule has 1 atom stereocenters. The lowest BCUT2D eigenvalue weighted by Gasteiger charge is -2.41. The summed E-state index contributed by atoms with van der Waals surface area (Å²) >= 11 is 0. The van der Waals surface area contributed by atoms with Crippen molar-refractivity contribution in [1.29, 1.82) is 0 Å². The van der Waals surface area contributed by atoms with Gasteiger partial charge >= 0.3 is 0 Å². The first kappa shape index (κ1) is 15.3. The van der Waals surface area contributed by atoms with Gasteiger partial charge in [0.05, 0.1) is 19.3 Å². The average Bonchev–Trinajstić information content (AvgIpc) is 2.40. The Bertz CT molecular complexity index is 584. The number of amides is 2. The minimum absolute atomic E-state index is 0.114. The number of carbonyl (C=O) groups excluding carboxylic acids is 2. The Balaban J connectivity index is 2.30. The van der Waals surface area contributed by atoms with Crippen molar-refractivity contribution < 1.29 is 14.3 Å². The molecule has 1 aromatic rings. The van der Waals surface area contributed by atoms with E-state index in [1.807, 2.05) is 13.0 Å². The third kappa shape index (κ3) is 2.99. The molecule has 2 rings (SSSR count). The highest BCUT2D eigenvalue weighted by Crippen LogP contribution is 2.21. The summed E-state index contributed by atoms with van der Waals surface area (Å²) in [4.78, 5) is 30.5. The molecule has 21 heavy (non-hydrogen) atoms. The number of aryl methyl sites for hydroxylation is 1. The van der Waals surface area contributed by atoms with Crippen LogP contribution in [0.3, 0.4) is 0 Å². The zero-order valence-electron chi connectivity index (χ0n) is 13.1. The molecule has 1 saturated heterocycles. The molecule has 1 unspecified atom stereocenters. The van der Waals surface area contributed by atoms with E-state index in [2.05, 4.69) is 10.3 Å². The fourth-order valence-electron chi connectivity index (χ4n) is 2.43. The van der Waals surface area contributed by atoms with Crippen molar-refractivity contribution in [3.8, 4) is 5.75 Å². The number of piperazine rings is 1. The SMILES string of the molecule is COc1cc(C)nc(CN2C(=O)C(C)(C)NC(=O)C2C)c1. The van der Waals surface area contributed by atoms with Crippen molar-refractivity contribution in [1.82, 2.24) is 15.2 Å². The molecule has 0 aliphatic carbocycles. The fraction of sp³-hybridized carbons (Fsp3) is 0.533. The van der Waals surface area contributed by atoms with E-state index in [1.54, 1.807) is 38.8 Å². The zero-order valence-corrected chi connectivity index (χ0v) is 13.1. The predicted octanol–water partition coefficient (Wildman–Crippen LogP) is 1.02. The molecule has 1 fully saturated rings. The molecule has 6 heteroatoms. The minimum Gasteiger partial charge on any atom is -0.497 e. The van der Waals surface area contributed by atoms with Gasteiger partial charge in [0, 0.05) is 17.8 Å². The molecule has 1 aliphatic heterocycles. The van der Waals surface area contributed by atoms with Crippen LogP contribution in [0.25, 0.3) is 0 Å². The van der Waals surface area contributed by atoms with Crippen LogP contribution < -0.4 is 10.1 Å². The molecule has 0 saturated carbocycles. The first-order valence-corrected chi connectivity index (χ1v) is 6.89. The number of carbonyl (C=O) groups is 2. The van der Waals surface area contributed by atoms with Gasteiger partial charge in [-0.15, -0.1) is 0 Å². The number of nitrogens with one attached hydrogen (secondary N) is 1. The van der Waals surface area contributed by atoms with Gasteiger partial charge in [0.2, 0.25) is 11.8 Å². The van der Waals surface area contributed by atoms with E-state index in [9.17, 15) is 9.59 Å². The maximum Gasteiger partial charge on any atom is 0.248 e. The normalized spacial score (nSPS) is 21.2. The van der Waals surface area contributed by atoms with E-state index in [-0.39, 0.29) is 18.4 Å². The number of methoxy groups -OCH3 is 1. The monoisotopic (exact) mass is 291 g/mol. The van der Waals surface area contributed by atoms with Gasteiger partial charge in [-0.1, -0.05) is 0 Å². The van der Waals surface area contributed by atoms with Crippen molar-refractivity contribution in [2.75, 3.05) is 7.11 Å². The highest BCUT2D eigenvalue weighted by molar-refractivity contribution is 5.99. The third-order valence-electron chi connectivity index (χ3n) is 3.63. The lowest BCUT2D eigenvalue weighted by atomic mass is 9.97. The molecule has 0 spiro atoms. The smallest absolute Gasteiger partial charge is 0.248 e. The Labute approximate surface area is 124 Å². The Kier molecular flexibility index (Phi) is 3.89. The summed E-state index contributed by atoms with van der Waals surface area (Å²) < 4.78 is 5.22. The summed E-state index contributed by atoms with van der Waals surface area (Å²) in [6.07, 6.45) is 0. The summed E-state index contributed by atoms with van der Waals surface area (Å²) in [7, 11) is 1.59. The summed E-state index contributed by atoms with van der Waals surface area (Å²) in [5, 5.41) is 2.73. The number of aromatic nitrogens is 1. The van der Waals surface area contributed by atoms with E-state index < -0.39 is 11.6 Å². The highest BCUT2D eigenvalue weighted by atomic mass is 16.5. The van der Waals surface area contributed by atoms with Crippen LogP contribution in [0, 0.1) is 6.92 Å². The molecule has 6 nitrogen and oxygen atoms in total. The fourth-order valence-corrected chi connectivity index (χ4v) is 2.43. The second kappa shape index (κ2) is 5.35. The molecule has 1 N–H and O–H groups in total. The van der Waals surface area contributed by atoms with Crippen LogP contribution in [0.4, 0.5) is 0 Å². The quantitative estimate of drug-likeness (QED) is 0.902. The molecule has 1 aromatic heterocycles. The van der Waals surface area contributed by atoms with Crippen molar-refractivity contribution >= 4 is 11.8 Å². The van der Waals surface area contributed by atoms with Gasteiger partial charge in [0.25, 0.3) is 0 Å². The van der Waals surface area contributed by atoms with Crippen molar-refractivity contribution in [3.63, 3.8) is 0 Å². The molecular formula is C15H21N3O3. The van der Waals surface area contributed by atoms with Crippen molar-refractivity contribution in [2.45, 2.75) is 45.8 Å². The molecule has 2 heterocycles. The standard InChI is InChI=1S/C15H21N3O3/c1-9-6-12(21-5)7-11(16-9)8-18-10(2)13(19)17-15(3,4)14(18)20/h6-7,10H,8H2,1-5H3,(H,17,19). The Morgan fingerprint density at radius 2 is 2.05 bits per heavy atom. The van der Waals surface area contributed by atoms with E-state index in [4.69, 9.17) is 4.74 Å². The number of hydrogen-bond acceptors (Lipinski definition) is 4. The third-order valence-corrected chi connectivity index (χ3v) is 3.63. The topological polar surface area (TPSA) is 71.5 Å². The van der Waals surface area contributed by atoms with Gasteiger partial charge in [0.15, 0.2) is 0 Å². The lowest BCUT2D eigenvalue weighted by Crippen LogP contribution is -2.67. The molecule has 1 aliphatic rings. The Morgan fingerprint density at radius 3 is 2.67 bits per heavy atom. The predicted molar refractivity (Wildman–Crippen MR) is 77.8 cm³/mol. The average molecular weight is 291 g/mol. The van der Waals surface area contributed by atoms with Crippen LogP contribution in [-0.2, 0) is 16.1 Å². The molecular weight excluding hydrogens is 270 g/mol. The largest absolute Gasteiger partial charge is 0.497 e. The lowest BCUT2D eigenvalue weighted by molar-refractivity contribution is -0.153. The molecule has 2 amide bonds. The first-order chi connectivity index (χ1) is 9.74. The summed E-state index contributed by atoms with van der Waals surface area (Å²) in [6.45, 7) is 7.28. The van der Waals surface area contributed by atoms with Crippen molar-refractivity contribution in [2.24, 2.45) is 0 Å².